The molecule has 0 spiro atoms. The Hall–Kier alpha value is -1.39. The predicted molar refractivity (Wildman–Crippen MR) is 84.9 cm³/mol. The molecule has 0 radical (unpaired) electrons. The van der Waals surface area contributed by atoms with Gasteiger partial charge in [0.1, 0.15) is 0 Å². The molecule has 2 unspecified atom stereocenters. The summed E-state index contributed by atoms with van der Waals surface area (Å²) < 4.78 is 0. The Morgan fingerprint density at radius 2 is 1.60 bits per heavy atom. The first kappa shape index (κ1) is 15.0. The Bertz CT molecular complexity index is 410. The van der Waals surface area contributed by atoms with Gasteiger partial charge in [0, 0.05) is 11.4 Å². The molecule has 0 heterocycles. The number of nitrogens with zero attached hydrogens (tertiary/aromatic N) is 3. The van der Waals surface area contributed by atoms with Crippen LogP contribution in [0.3, 0.4) is 0 Å². The molecule has 0 amide bonds. The zero-order valence-electron chi connectivity index (χ0n) is 12.7. The first-order valence-corrected chi connectivity index (χ1v) is 7.89. The molecule has 2 saturated carbocycles. The third kappa shape index (κ3) is 4.32. The molecule has 5 nitrogen and oxygen atoms in total. The molecular formula is C15H27N5. The van der Waals surface area contributed by atoms with Crippen LogP contribution in [0.1, 0.15) is 65.2 Å². The smallest absolute Gasteiger partial charge is 0.234 e. The van der Waals surface area contributed by atoms with E-state index in [0.717, 1.165) is 12.8 Å². The Morgan fingerprint density at radius 3 is 2.20 bits per heavy atom. The van der Waals surface area contributed by atoms with Crippen molar-refractivity contribution in [1.82, 2.24) is 5.43 Å². The van der Waals surface area contributed by atoms with Gasteiger partial charge in [0.15, 0.2) is 0 Å². The maximum absolute atomic E-state index is 5.82. The van der Waals surface area contributed by atoms with Crippen molar-refractivity contribution in [3.63, 3.8) is 0 Å². The van der Waals surface area contributed by atoms with Crippen LogP contribution in [0.5, 0.6) is 0 Å². The van der Waals surface area contributed by atoms with E-state index in [1.165, 1.54) is 49.9 Å². The summed E-state index contributed by atoms with van der Waals surface area (Å²) in [5.41, 5.74) is 11.0. The molecule has 2 aliphatic rings. The summed E-state index contributed by atoms with van der Waals surface area (Å²) in [6.07, 6.45) is 9.57. The lowest BCUT2D eigenvalue weighted by Gasteiger charge is -2.20. The van der Waals surface area contributed by atoms with E-state index in [9.17, 15) is 0 Å². The standard InChI is InChI=1S/C15H27N5/c1-11-7-3-5-9-13(11)17-19-15(16)20-18-14-10-6-4-8-12(14)2/h11-12H,3-10H2,1-2H3,(H3,16,19,20)/b17-13-,18-14-. The highest BCUT2D eigenvalue weighted by molar-refractivity contribution is 5.90. The number of hydrogen-bond donors (Lipinski definition) is 2. The van der Waals surface area contributed by atoms with E-state index in [-0.39, 0.29) is 0 Å². The molecule has 0 saturated heterocycles. The molecule has 0 aliphatic heterocycles. The van der Waals surface area contributed by atoms with Gasteiger partial charge < -0.3 is 5.73 Å². The average molecular weight is 277 g/mol. The van der Waals surface area contributed by atoms with Gasteiger partial charge in [-0.05, 0) is 50.4 Å². The summed E-state index contributed by atoms with van der Waals surface area (Å²) in [5, 5.41) is 12.8. The van der Waals surface area contributed by atoms with Crippen molar-refractivity contribution in [2.24, 2.45) is 32.9 Å². The fourth-order valence-electron chi connectivity index (χ4n) is 2.92. The fraction of sp³-hybridized carbons (Fsp3) is 0.800. The van der Waals surface area contributed by atoms with Gasteiger partial charge in [0.25, 0.3) is 0 Å². The lowest BCUT2D eigenvalue weighted by Crippen LogP contribution is -2.30. The first-order chi connectivity index (χ1) is 9.66. The Balaban J connectivity index is 1.90. The lowest BCUT2D eigenvalue weighted by atomic mass is 9.89. The van der Waals surface area contributed by atoms with Gasteiger partial charge in [0.05, 0.1) is 0 Å². The summed E-state index contributed by atoms with van der Waals surface area (Å²) in [4.78, 5) is 0. The SMILES string of the molecule is CC1CCCC/C1=N/N=C(\N)N/N=C1/CCCCC1C. The van der Waals surface area contributed by atoms with Crippen molar-refractivity contribution >= 4 is 17.4 Å². The zero-order chi connectivity index (χ0) is 14.4. The molecule has 20 heavy (non-hydrogen) atoms. The normalized spacial score (nSPS) is 32.6. The van der Waals surface area contributed by atoms with E-state index in [4.69, 9.17) is 5.73 Å². The van der Waals surface area contributed by atoms with Crippen molar-refractivity contribution in [2.75, 3.05) is 0 Å². The number of hydrogen-bond acceptors (Lipinski definition) is 3. The number of nitrogens with one attached hydrogen (secondary N) is 1. The van der Waals surface area contributed by atoms with E-state index >= 15 is 0 Å². The number of guanidine groups is 1. The summed E-state index contributed by atoms with van der Waals surface area (Å²) in [6, 6.07) is 0. The molecule has 5 heteroatoms. The average Bonchev–Trinajstić information content (AvgIpc) is 2.45. The van der Waals surface area contributed by atoms with E-state index in [1.54, 1.807) is 0 Å². The van der Waals surface area contributed by atoms with Gasteiger partial charge in [-0.3, -0.25) is 0 Å². The maximum atomic E-state index is 5.82. The monoisotopic (exact) mass is 277 g/mol. The summed E-state index contributed by atoms with van der Waals surface area (Å²) in [7, 11) is 0. The van der Waals surface area contributed by atoms with Crippen LogP contribution in [-0.4, -0.2) is 17.4 Å². The molecule has 3 N–H and O–H groups in total. The Kier molecular flexibility index (Phi) is 5.56. The van der Waals surface area contributed by atoms with Crippen LogP contribution >= 0.6 is 0 Å². The van der Waals surface area contributed by atoms with Crippen molar-refractivity contribution in [2.45, 2.75) is 65.2 Å². The van der Waals surface area contributed by atoms with Crippen molar-refractivity contribution in [1.29, 1.82) is 0 Å². The van der Waals surface area contributed by atoms with Crippen molar-refractivity contribution in [3.8, 4) is 0 Å². The van der Waals surface area contributed by atoms with Crippen LogP contribution in [0.4, 0.5) is 0 Å². The molecule has 0 aromatic rings. The molecule has 0 aromatic carbocycles. The van der Waals surface area contributed by atoms with Gasteiger partial charge in [0.2, 0.25) is 5.96 Å². The molecule has 2 rings (SSSR count). The van der Waals surface area contributed by atoms with Crippen LogP contribution in [0.2, 0.25) is 0 Å². The number of nitrogens with two attached hydrogens (primary N) is 1. The quantitative estimate of drug-likeness (QED) is 0.462. The maximum Gasteiger partial charge on any atom is 0.234 e. The Labute approximate surface area is 121 Å². The summed E-state index contributed by atoms with van der Waals surface area (Å²) in [6.45, 7) is 4.43. The van der Waals surface area contributed by atoms with Crippen LogP contribution in [-0.2, 0) is 0 Å². The van der Waals surface area contributed by atoms with Gasteiger partial charge in [-0.1, -0.05) is 26.7 Å². The summed E-state index contributed by atoms with van der Waals surface area (Å²) in [5.74, 6) is 1.37. The molecular weight excluding hydrogens is 250 g/mol. The van der Waals surface area contributed by atoms with Crippen molar-refractivity contribution in [3.05, 3.63) is 0 Å². The third-order valence-corrected chi connectivity index (χ3v) is 4.38. The largest absolute Gasteiger partial charge is 0.367 e. The minimum atomic E-state index is 0.292. The number of hydrazone groups is 1. The first-order valence-electron chi connectivity index (χ1n) is 7.89. The lowest BCUT2D eigenvalue weighted by molar-refractivity contribution is 0.555. The zero-order valence-corrected chi connectivity index (χ0v) is 12.7. The van der Waals surface area contributed by atoms with E-state index in [0.29, 0.717) is 17.8 Å². The highest BCUT2D eigenvalue weighted by atomic mass is 15.4. The molecule has 2 aliphatic carbocycles. The molecule has 0 bridgehead atoms. The van der Waals surface area contributed by atoms with Gasteiger partial charge in [-0.25, -0.2) is 5.43 Å². The van der Waals surface area contributed by atoms with Crippen LogP contribution < -0.4 is 11.2 Å². The van der Waals surface area contributed by atoms with Crippen LogP contribution in [0.25, 0.3) is 0 Å². The van der Waals surface area contributed by atoms with E-state index in [1.807, 2.05) is 0 Å². The van der Waals surface area contributed by atoms with Gasteiger partial charge in [-0.2, -0.15) is 10.2 Å². The fourth-order valence-corrected chi connectivity index (χ4v) is 2.92. The second-order valence-electron chi connectivity index (χ2n) is 6.09. The molecule has 0 aromatic heterocycles. The topological polar surface area (TPSA) is 75.1 Å². The van der Waals surface area contributed by atoms with E-state index in [2.05, 4.69) is 34.6 Å². The van der Waals surface area contributed by atoms with Crippen molar-refractivity contribution < 1.29 is 0 Å². The summed E-state index contributed by atoms with van der Waals surface area (Å²) >= 11 is 0. The van der Waals surface area contributed by atoms with Gasteiger partial charge >= 0.3 is 0 Å². The Morgan fingerprint density at radius 1 is 1.00 bits per heavy atom. The molecule has 112 valence electrons. The molecule has 2 atom stereocenters. The van der Waals surface area contributed by atoms with E-state index < -0.39 is 0 Å². The minimum Gasteiger partial charge on any atom is -0.367 e. The van der Waals surface area contributed by atoms with Gasteiger partial charge in [-0.15, -0.1) is 5.10 Å². The van der Waals surface area contributed by atoms with Crippen LogP contribution in [0, 0.1) is 11.8 Å². The predicted octanol–water partition coefficient (Wildman–Crippen LogP) is 3.02. The minimum absolute atomic E-state index is 0.292. The highest BCUT2D eigenvalue weighted by Gasteiger charge is 2.16. The molecule has 2 fully saturated rings. The number of rotatable bonds is 2. The second kappa shape index (κ2) is 7.41. The van der Waals surface area contributed by atoms with Crippen LogP contribution in [0.15, 0.2) is 15.3 Å². The highest BCUT2D eigenvalue weighted by Crippen LogP contribution is 2.21. The second-order valence-corrected chi connectivity index (χ2v) is 6.09. The third-order valence-electron chi connectivity index (χ3n) is 4.38.